The quantitative estimate of drug-likeness (QED) is 0.627. The molecule has 0 radical (unpaired) electrons. The van der Waals surface area contributed by atoms with E-state index in [2.05, 4.69) is 15.3 Å². The largest absolute Gasteiger partial charge is 0.391 e. The highest BCUT2D eigenvalue weighted by atomic mass is 16.3. The highest BCUT2D eigenvalue weighted by Gasteiger charge is 2.24. The number of imidazole rings is 1. The van der Waals surface area contributed by atoms with Crippen LogP contribution in [0.25, 0.3) is 11.0 Å². The smallest absolute Gasteiger partial charge is 0.251 e. The zero-order valence-electron chi connectivity index (χ0n) is 16.3. The Morgan fingerprint density at radius 2 is 2.21 bits per heavy atom. The van der Waals surface area contributed by atoms with E-state index in [1.54, 1.807) is 4.68 Å². The maximum absolute atomic E-state index is 12.5. The molecule has 148 valence electrons. The van der Waals surface area contributed by atoms with E-state index < -0.39 is 0 Å². The van der Waals surface area contributed by atoms with Crippen LogP contribution in [0.1, 0.15) is 28.8 Å². The van der Waals surface area contributed by atoms with E-state index in [0.717, 1.165) is 42.8 Å². The number of rotatable bonds is 6. The summed E-state index contributed by atoms with van der Waals surface area (Å²) in [5.41, 5.74) is 3.55. The molecule has 3 aromatic rings. The van der Waals surface area contributed by atoms with E-state index in [1.807, 2.05) is 49.3 Å². The minimum Gasteiger partial charge on any atom is -0.391 e. The van der Waals surface area contributed by atoms with E-state index >= 15 is 0 Å². The normalized spacial score (nSPS) is 16.8. The minimum atomic E-state index is -0.298. The minimum absolute atomic E-state index is 0.0862. The predicted octanol–water partition coefficient (Wildman–Crippen LogP) is 1.24. The summed E-state index contributed by atoms with van der Waals surface area (Å²) in [5, 5.41) is 16.9. The molecular weight excluding hydrogens is 356 g/mol. The Hall–Kier alpha value is -2.87. The van der Waals surface area contributed by atoms with Crippen LogP contribution in [0, 0.1) is 0 Å². The van der Waals surface area contributed by atoms with Gasteiger partial charge in [0.1, 0.15) is 0 Å². The van der Waals surface area contributed by atoms with Crippen LogP contribution >= 0.6 is 0 Å². The number of benzene rings is 1. The van der Waals surface area contributed by atoms with Gasteiger partial charge in [-0.25, -0.2) is 4.98 Å². The summed E-state index contributed by atoms with van der Waals surface area (Å²) in [6.45, 7) is 2.01. The van der Waals surface area contributed by atoms with E-state index in [-0.39, 0.29) is 12.0 Å². The molecule has 1 aliphatic heterocycles. The van der Waals surface area contributed by atoms with Gasteiger partial charge >= 0.3 is 0 Å². The van der Waals surface area contributed by atoms with Crippen molar-refractivity contribution >= 4 is 22.9 Å². The van der Waals surface area contributed by atoms with Crippen molar-refractivity contribution in [3.8, 4) is 0 Å². The SMILES string of the molecule is Cn1cc(CCCNC(=O)c2ccc3c(c2)nc(N2CC[C@H](O)C2)n3C)cn1. The van der Waals surface area contributed by atoms with Crippen LogP contribution in [0.2, 0.25) is 0 Å². The van der Waals surface area contributed by atoms with Gasteiger partial charge in [-0.15, -0.1) is 0 Å². The molecule has 8 heteroatoms. The molecule has 8 nitrogen and oxygen atoms in total. The van der Waals surface area contributed by atoms with Crippen LogP contribution in [-0.2, 0) is 20.5 Å². The highest BCUT2D eigenvalue weighted by molar-refractivity contribution is 5.97. The maximum Gasteiger partial charge on any atom is 0.251 e. The van der Waals surface area contributed by atoms with Gasteiger partial charge in [-0.1, -0.05) is 0 Å². The number of amides is 1. The third-order valence-electron chi connectivity index (χ3n) is 5.25. The second kappa shape index (κ2) is 7.63. The molecule has 0 spiro atoms. The van der Waals surface area contributed by atoms with Gasteiger partial charge in [0, 0.05) is 45.5 Å². The summed E-state index contributed by atoms with van der Waals surface area (Å²) in [7, 11) is 3.86. The fourth-order valence-corrected chi connectivity index (χ4v) is 3.73. The van der Waals surface area contributed by atoms with E-state index in [4.69, 9.17) is 4.98 Å². The van der Waals surface area contributed by atoms with Gasteiger partial charge in [0.15, 0.2) is 0 Å². The molecule has 1 fully saturated rings. The number of carbonyl (C=O) groups excluding carboxylic acids is 1. The van der Waals surface area contributed by atoms with Crippen LogP contribution in [0.4, 0.5) is 5.95 Å². The van der Waals surface area contributed by atoms with Gasteiger partial charge in [0.05, 0.1) is 23.3 Å². The average molecular weight is 382 g/mol. The molecule has 0 saturated carbocycles. The van der Waals surface area contributed by atoms with Crippen molar-refractivity contribution in [1.82, 2.24) is 24.6 Å². The van der Waals surface area contributed by atoms with Gasteiger partial charge in [-0.2, -0.15) is 5.10 Å². The third-order valence-corrected chi connectivity index (χ3v) is 5.25. The van der Waals surface area contributed by atoms with Crippen molar-refractivity contribution in [2.24, 2.45) is 14.1 Å². The Morgan fingerprint density at radius 3 is 2.93 bits per heavy atom. The number of aliphatic hydroxyl groups excluding tert-OH is 1. The number of hydrogen-bond acceptors (Lipinski definition) is 5. The first kappa shape index (κ1) is 18.5. The zero-order chi connectivity index (χ0) is 19.7. The second-order valence-corrected chi connectivity index (χ2v) is 7.44. The number of nitrogens with one attached hydrogen (secondary N) is 1. The Kier molecular flexibility index (Phi) is 5.04. The number of anilines is 1. The summed E-state index contributed by atoms with van der Waals surface area (Å²) in [6.07, 6.45) is 6.06. The summed E-state index contributed by atoms with van der Waals surface area (Å²) in [4.78, 5) is 19.3. The van der Waals surface area contributed by atoms with Gasteiger partial charge in [0.25, 0.3) is 5.91 Å². The fourth-order valence-electron chi connectivity index (χ4n) is 3.73. The monoisotopic (exact) mass is 382 g/mol. The number of fused-ring (bicyclic) bond motifs is 1. The summed E-state index contributed by atoms with van der Waals surface area (Å²) in [6, 6.07) is 5.60. The molecule has 0 unspecified atom stereocenters. The topological polar surface area (TPSA) is 88.2 Å². The Labute approximate surface area is 163 Å². The standard InChI is InChI=1S/C20H26N6O2/c1-24-12-14(11-22-24)4-3-8-21-19(28)15-5-6-18-17(10-15)23-20(25(18)2)26-9-7-16(27)13-26/h5-6,10-12,16,27H,3-4,7-9,13H2,1-2H3,(H,21,28)/t16-/m0/s1. The fraction of sp³-hybridized carbons (Fsp3) is 0.450. The van der Waals surface area contributed by atoms with Crippen LogP contribution in [0.5, 0.6) is 0 Å². The van der Waals surface area contributed by atoms with Crippen LogP contribution in [0.3, 0.4) is 0 Å². The number of nitrogens with zero attached hydrogens (tertiary/aromatic N) is 5. The number of β-amino-alcohol motifs (C(OH)–C–C–N with tert-alkyl or cyclic N) is 1. The highest BCUT2D eigenvalue weighted by Crippen LogP contribution is 2.25. The lowest BCUT2D eigenvalue weighted by Gasteiger charge is -2.16. The third kappa shape index (κ3) is 3.73. The first-order chi connectivity index (χ1) is 13.5. The van der Waals surface area contributed by atoms with Crippen LogP contribution < -0.4 is 10.2 Å². The molecule has 2 N–H and O–H groups in total. The van der Waals surface area contributed by atoms with Crippen molar-refractivity contribution in [3.63, 3.8) is 0 Å². The van der Waals surface area contributed by atoms with Gasteiger partial charge in [0.2, 0.25) is 5.95 Å². The summed E-state index contributed by atoms with van der Waals surface area (Å²) in [5.74, 6) is 0.748. The Bertz CT molecular complexity index is 992. The number of aliphatic hydroxyl groups is 1. The molecule has 1 atom stereocenters. The maximum atomic E-state index is 12.5. The van der Waals surface area contributed by atoms with Crippen molar-refractivity contribution in [1.29, 1.82) is 0 Å². The number of carbonyl (C=O) groups is 1. The molecule has 3 heterocycles. The van der Waals surface area contributed by atoms with Gasteiger partial charge < -0.3 is 19.9 Å². The lowest BCUT2D eigenvalue weighted by molar-refractivity contribution is 0.0953. The van der Waals surface area contributed by atoms with Crippen LogP contribution in [0.15, 0.2) is 30.6 Å². The van der Waals surface area contributed by atoms with Crippen LogP contribution in [-0.4, -0.2) is 56.1 Å². The summed E-state index contributed by atoms with van der Waals surface area (Å²) < 4.78 is 3.80. The van der Waals surface area contributed by atoms with Crippen molar-refractivity contribution in [2.45, 2.75) is 25.4 Å². The predicted molar refractivity (Wildman–Crippen MR) is 107 cm³/mol. The molecule has 4 rings (SSSR count). The number of aryl methyl sites for hydroxylation is 3. The molecule has 0 bridgehead atoms. The first-order valence-electron chi connectivity index (χ1n) is 9.66. The number of hydrogen-bond donors (Lipinski definition) is 2. The first-order valence-corrected chi connectivity index (χ1v) is 9.66. The van der Waals surface area contributed by atoms with Crippen molar-refractivity contribution in [3.05, 3.63) is 41.7 Å². The molecule has 2 aromatic heterocycles. The van der Waals surface area contributed by atoms with E-state index in [0.29, 0.717) is 18.7 Å². The average Bonchev–Trinajstić information content (AvgIpc) is 3.38. The van der Waals surface area contributed by atoms with Gasteiger partial charge in [-0.05, 0) is 43.0 Å². The molecule has 0 aliphatic carbocycles. The zero-order valence-corrected chi connectivity index (χ0v) is 16.3. The molecule has 1 aliphatic rings. The number of aromatic nitrogens is 4. The molecular formula is C20H26N6O2. The molecule has 1 amide bonds. The molecule has 1 aromatic carbocycles. The lowest BCUT2D eigenvalue weighted by Crippen LogP contribution is -2.24. The molecule has 1 saturated heterocycles. The van der Waals surface area contributed by atoms with Gasteiger partial charge in [-0.3, -0.25) is 9.48 Å². The van der Waals surface area contributed by atoms with Crippen molar-refractivity contribution < 1.29 is 9.90 Å². The Morgan fingerprint density at radius 1 is 1.36 bits per heavy atom. The lowest BCUT2D eigenvalue weighted by atomic mass is 10.1. The summed E-state index contributed by atoms with van der Waals surface area (Å²) >= 11 is 0. The second-order valence-electron chi connectivity index (χ2n) is 7.44. The Balaban J connectivity index is 1.40. The van der Waals surface area contributed by atoms with E-state index in [1.165, 1.54) is 5.56 Å². The molecule has 28 heavy (non-hydrogen) atoms. The van der Waals surface area contributed by atoms with E-state index in [9.17, 15) is 9.90 Å². The van der Waals surface area contributed by atoms with Crippen molar-refractivity contribution in [2.75, 3.05) is 24.5 Å².